The van der Waals surface area contributed by atoms with E-state index in [9.17, 15) is 19.5 Å². The van der Waals surface area contributed by atoms with E-state index in [0.29, 0.717) is 12.8 Å². The first-order valence-electron chi connectivity index (χ1n) is 12.5. The molecule has 0 saturated heterocycles. The Balaban J connectivity index is 0.00000342. The maximum atomic E-state index is 17.1. The summed E-state index contributed by atoms with van der Waals surface area (Å²) in [6.45, 7) is 7.03. The SMILES string of the molecule is CCCCC(=O)OCC(=O)[C@H]1[C@H](C)C[C@H]2[C@@H]3C[C@H](F)C4=CC(=O)C=C[C@]4(C)[C@@]3(F)[C@@H](O)C[C@@]21C.[PbH2]. The molecule has 8 heteroatoms. The zero-order valence-corrected chi connectivity index (χ0v) is 26.7. The minimum atomic E-state index is -2.15. The molecule has 0 aromatic carbocycles. The summed E-state index contributed by atoms with van der Waals surface area (Å²) in [7, 11) is 0. The van der Waals surface area contributed by atoms with Crippen molar-refractivity contribution in [1.29, 1.82) is 0 Å². The first-order valence-corrected chi connectivity index (χ1v) is 12.5. The van der Waals surface area contributed by atoms with Gasteiger partial charge in [0.25, 0.3) is 0 Å². The fourth-order valence-corrected chi connectivity index (χ4v) is 7.89. The van der Waals surface area contributed by atoms with Crippen molar-refractivity contribution in [2.45, 2.75) is 84.2 Å². The third-order valence-corrected chi connectivity index (χ3v) is 9.43. The van der Waals surface area contributed by atoms with Crippen molar-refractivity contribution in [1.82, 2.24) is 0 Å². The molecule has 0 bridgehead atoms. The number of hydrogen-bond donors (Lipinski definition) is 1. The van der Waals surface area contributed by atoms with Crippen LogP contribution in [0, 0.1) is 34.5 Å². The molecule has 0 aromatic rings. The second-order valence-electron chi connectivity index (χ2n) is 11.4. The topological polar surface area (TPSA) is 80.7 Å². The molecule has 0 spiro atoms. The molecule has 0 heterocycles. The number of allylic oxidation sites excluding steroid dienone is 4. The molecule has 9 atom stereocenters. The Morgan fingerprint density at radius 2 is 1.91 bits per heavy atom. The Hall–Kier alpha value is -0.968. The number of carbonyl (C=O) groups excluding carboxylic acids is 3. The number of unbranched alkanes of at least 4 members (excludes halogenated alkanes) is 1. The summed E-state index contributed by atoms with van der Waals surface area (Å²) >= 11 is 0. The molecule has 0 aliphatic heterocycles. The van der Waals surface area contributed by atoms with Crippen LogP contribution in [0.3, 0.4) is 0 Å². The van der Waals surface area contributed by atoms with Crippen molar-refractivity contribution < 1.29 is 33.0 Å². The Kier molecular flexibility index (Phi) is 8.22. The fraction of sp³-hybridized carbons (Fsp3) is 0.741. The molecule has 5 nitrogen and oxygen atoms in total. The van der Waals surface area contributed by atoms with E-state index in [1.54, 1.807) is 6.92 Å². The van der Waals surface area contributed by atoms with Crippen LogP contribution in [-0.2, 0) is 19.1 Å². The van der Waals surface area contributed by atoms with Gasteiger partial charge in [0.1, 0.15) is 12.8 Å². The number of ether oxygens (including phenoxy) is 1. The number of fused-ring (bicyclic) bond motifs is 5. The summed E-state index contributed by atoms with van der Waals surface area (Å²) in [5.74, 6) is -2.75. The molecular weight excluding hydrogens is 649 g/mol. The Morgan fingerprint density at radius 3 is 2.57 bits per heavy atom. The van der Waals surface area contributed by atoms with Crippen LogP contribution < -0.4 is 0 Å². The van der Waals surface area contributed by atoms with E-state index < -0.39 is 46.6 Å². The number of alkyl halides is 2. The van der Waals surface area contributed by atoms with Crippen molar-refractivity contribution in [3.63, 3.8) is 0 Å². The quantitative estimate of drug-likeness (QED) is 0.342. The van der Waals surface area contributed by atoms with Crippen LogP contribution in [0.2, 0.25) is 0 Å². The second-order valence-corrected chi connectivity index (χ2v) is 11.4. The number of aliphatic hydroxyl groups is 1. The monoisotopic (exact) mass is 688 g/mol. The third kappa shape index (κ3) is 4.30. The molecule has 1 N–H and O–H groups in total. The van der Waals surface area contributed by atoms with Crippen molar-refractivity contribution in [3.8, 4) is 0 Å². The van der Waals surface area contributed by atoms with Gasteiger partial charge in [-0.2, -0.15) is 0 Å². The molecule has 35 heavy (non-hydrogen) atoms. The van der Waals surface area contributed by atoms with Gasteiger partial charge in [0.15, 0.2) is 17.2 Å². The number of rotatable bonds is 6. The first-order chi connectivity index (χ1) is 15.9. The van der Waals surface area contributed by atoms with Crippen LogP contribution in [0.5, 0.6) is 0 Å². The van der Waals surface area contributed by atoms with Crippen LogP contribution in [-0.4, -0.2) is 74.5 Å². The zero-order chi connectivity index (χ0) is 25.1. The summed E-state index contributed by atoms with van der Waals surface area (Å²) < 4.78 is 37.7. The van der Waals surface area contributed by atoms with E-state index in [4.69, 9.17) is 4.74 Å². The molecule has 0 aromatic heterocycles. The van der Waals surface area contributed by atoms with Gasteiger partial charge in [-0.15, -0.1) is 0 Å². The Morgan fingerprint density at radius 1 is 1.23 bits per heavy atom. The van der Waals surface area contributed by atoms with Gasteiger partial charge >= 0.3 is 33.3 Å². The summed E-state index contributed by atoms with van der Waals surface area (Å²) in [4.78, 5) is 37.1. The number of halogens is 2. The van der Waals surface area contributed by atoms with Gasteiger partial charge in [-0.3, -0.25) is 14.4 Å². The average molecular weight is 688 g/mol. The van der Waals surface area contributed by atoms with E-state index in [1.807, 2.05) is 20.8 Å². The van der Waals surface area contributed by atoms with Crippen LogP contribution in [0.4, 0.5) is 8.78 Å². The Labute approximate surface area is 226 Å². The van der Waals surface area contributed by atoms with Crippen molar-refractivity contribution in [3.05, 3.63) is 23.8 Å². The van der Waals surface area contributed by atoms with Crippen LogP contribution in [0.25, 0.3) is 0 Å². The molecule has 0 unspecified atom stereocenters. The number of esters is 1. The molecule has 4 aliphatic carbocycles. The van der Waals surface area contributed by atoms with E-state index in [-0.39, 0.29) is 82.1 Å². The molecule has 194 valence electrons. The molecular formula is C27H38F2O5Pb. The second kappa shape index (κ2) is 10.1. The predicted octanol–water partition coefficient (Wildman–Crippen LogP) is 3.55. The Bertz CT molecular complexity index is 950. The van der Waals surface area contributed by atoms with Gasteiger partial charge in [0.05, 0.1) is 6.10 Å². The number of carbonyl (C=O) groups is 3. The van der Waals surface area contributed by atoms with Crippen molar-refractivity contribution >= 4 is 44.8 Å². The van der Waals surface area contributed by atoms with E-state index in [2.05, 4.69) is 0 Å². The van der Waals surface area contributed by atoms with Gasteiger partial charge < -0.3 is 9.84 Å². The van der Waals surface area contributed by atoms with Crippen LogP contribution in [0.1, 0.15) is 66.2 Å². The van der Waals surface area contributed by atoms with Gasteiger partial charge in [0, 0.05) is 23.7 Å². The van der Waals surface area contributed by atoms with Crippen molar-refractivity contribution in [2.24, 2.45) is 34.5 Å². The van der Waals surface area contributed by atoms with Gasteiger partial charge in [-0.25, -0.2) is 8.78 Å². The van der Waals surface area contributed by atoms with E-state index >= 15 is 8.78 Å². The van der Waals surface area contributed by atoms with E-state index in [1.165, 1.54) is 18.2 Å². The van der Waals surface area contributed by atoms with Crippen molar-refractivity contribution in [2.75, 3.05) is 6.61 Å². The molecule has 0 amide bonds. The molecule has 4 aliphatic rings. The minimum absolute atomic E-state index is 0. The standard InChI is InChI=1S/C27H36F2O5.Pb.2H/c1-5-6-7-23(33)34-14-21(31)24-15(2)10-17-18-12-20(28)19-11-16(30)8-9-26(19,4)27(18,29)22(32)13-25(17,24)3;;;/h8-9,11,15,17-18,20,22,24,32H,5-7,10,12-14H2,1-4H3;;;/t15-,17+,18+,20+,22+,24-,25+,26+,27+;;;/m1.../s1. The molecule has 4 rings (SSSR count). The van der Waals surface area contributed by atoms with Gasteiger partial charge in [-0.05, 0) is 67.6 Å². The predicted molar refractivity (Wildman–Crippen MR) is 131 cm³/mol. The molecule has 2 radical (unpaired) electrons. The summed E-state index contributed by atoms with van der Waals surface area (Å²) in [6, 6.07) is 0. The number of aliphatic hydroxyl groups excluding tert-OH is 1. The summed E-state index contributed by atoms with van der Waals surface area (Å²) in [5.41, 5.74) is -4.21. The molecule has 3 saturated carbocycles. The van der Waals surface area contributed by atoms with Gasteiger partial charge in [-0.1, -0.05) is 33.3 Å². The van der Waals surface area contributed by atoms with Gasteiger partial charge in [0.2, 0.25) is 0 Å². The number of ketones is 2. The van der Waals surface area contributed by atoms with Crippen LogP contribution >= 0.6 is 0 Å². The van der Waals surface area contributed by atoms with E-state index in [0.717, 1.165) is 6.42 Å². The number of hydrogen-bond acceptors (Lipinski definition) is 5. The summed E-state index contributed by atoms with van der Waals surface area (Å²) in [5, 5.41) is 11.3. The maximum absolute atomic E-state index is 17.1. The zero-order valence-electron chi connectivity index (χ0n) is 21.2. The third-order valence-electron chi connectivity index (χ3n) is 9.43. The normalized spacial score (nSPS) is 43.9. The summed E-state index contributed by atoms with van der Waals surface area (Å²) in [6.07, 6.45) is 3.20. The first kappa shape index (κ1) is 28.6. The number of Topliss-reactive ketones (excluding diaryl/α,β-unsaturated/α-hetero) is 1. The fourth-order valence-electron chi connectivity index (χ4n) is 7.89. The average Bonchev–Trinajstić information content (AvgIpc) is 3.03. The molecule has 3 fully saturated rings. The van der Waals surface area contributed by atoms with Crippen LogP contribution in [0.15, 0.2) is 23.8 Å².